The summed E-state index contributed by atoms with van der Waals surface area (Å²) in [6, 6.07) is 15.0. The highest BCUT2D eigenvalue weighted by Gasteiger charge is 2.36. The zero-order valence-electron chi connectivity index (χ0n) is 17.4. The van der Waals surface area contributed by atoms with Gasteiger partial charge in [-0.05, 0) is 54.5 Å². The van der Waals surface area contributed by atoms with Gasteiger partial charge in [-0.25, -0.2) is 4.79 Å². The van der Waals surface area contributed by atoms with Crippen molar-refractivity contribution < 1.29 is 13.7 Å². The van der Waals surface area contributed by atoms with Crippen LogP contribution in [0, 0.1) is 0 Å². The summed E-state index contributed by atoms with van der Waals surface area (Å²) in [5, 5.41) is 9.26. The van der Waals surface area contributed by atoms with Crippen molar-refractivity contribution in [3.63, 3.8) is 0 Å². The summed E-state index contributed by atoms with van der Waals surface area (Å²) in [5.74, 6) is 1.60. The van der Waals surface area contributed by atoms with Gasteiger partial charge in [0.2, 0.25) is 5.82 Å². The third kappa shape index (κ3) is 3.85. The minimum Gasteiger partial charge on any atom is -0.467 e. The van der Waals surface area contributed by atoms with Crippen molar-refractivity contribution in [1.29, 1.82) is 0 Å². The maximum absolute atomic E-state index is 13.1. The number of hydrogen-bond acceptors (Lipinski definition) is 7. The Kier molecular flexibility index (Phi) is 5.59. The lowest BCUT2D eigenvalue weighted by Crippen LogP contribution is -2.45. The molecule has 0 radical (unpaired) electrons. The molecular weight excluding hydrogens is 444 g/mol. The van der Waals surface area contributed by atoms with Crippen LogP contribution in [-0.2, 0) is 6.54 Å². The first-order chi connectivity index (χ1) is 15.6. The van der Waals surface area contributed by atoms with E-state index < -0.39 is 6.04 Å². The van der Waals surface area contributed by atoms with Gasteiger partial charge in [0.25, 0.3) is 5.89 Å². The summed E-state index contributed by atoms with van der Waals surface area (Å²) in [7, 11) is 0. The largest absolute Gasteiger partial charge is 0.467 e. The Morgan fingerprint density at radius 1 is 1.19 bits per heavy atom. The zero-order chi connectivity index (χ0) is 22.1. The number of aromatic nitrogens is 2. The average molecular weight is 465 g/mol. The van der Waals surface area contributed by atoms with Gasteiger partial charge in [0, 0.05) is 10.6 Å². The lowest BCUT2D eigenvalue weighted by Gasteiger charge is -2.34. The topological polar surface area (TPSA) is 84.4 Å². The van der Waals surface area contributed by atoms with Crippen molar-refractivity contribution >= 4 is 34.7 Å². The lowest BCUT2D eigenvalue weighted by molar-refractivity contribution is 0.199. The van der Waals surface area contributed by atoms with Crippen molar-refractivity contribution in [1.82, 2.24) is 20.4 Å². The Balaban J connectivity index is 1.59. The number of hydrogen-bond donors (Lipinski definition) is 1. The molecule has 32 heavy (non-hydrogen) atoms. The zero-order valence-corrected chi connectivity index (χ0v) is 19.1. The van der Waals surface area contributed by atoms with Crippen LogP contribution >= 0.6 is 23.1 Å². The SMILES string of the molecule is CSc1ccc(C2NC(=O)N(Cc3ccco3)C(C)=C2c2nc(-c3cccs3)no2)cc1. The van der Waals surface area contributed by atoms with E-state index in [1.54, 1.807) is 40.3 Å². The minimum absolute atomic E-state index is 0.209. The number of urea groups is 1. The van der Waals surface area contributed by atoms with Crippen LogP contribution in [-0.4, -0.2) is 27.3 Å². The highest BCUT2D eigenvalue weighted by Crippen LogP contribution is 2.38. The number of benzene rings is 1. The molecule has 2 amide bonds. The number of amides is 2. The maximum Gasteiger partial charge on any atom is 0.322 e. The third-order valence-electron chi connectivity index (χ3n) is 5.34. The van der Waals surface area contributed by atoms with E-state index in [1.165, 1.54) is 0 Å². The van der Waals surface area contributed by atoms with Crippen LogP contribution in [0.5, 0.6) is 0 Å². The number of thioether (sulfide) groups is 1. The van der Waals surface area contributed by atoms with E-state index in [0.717, 1.165) is 26.6 Å². The Morgan fingerprint density at radius 3 is 2.72 bits per heavy atom. The van der Waals surface area contributed by atoms with E-state index in [-0.39, 0.29) is 6.03 Å². The summed E-state index contributed by atoms with van der Waals surface area (Å²) in [5.41, 5.74) is 2.45. The van der Waals surface area contributed by atoms with Gasteiger partial charge in [0.15, 0.2) is 0 Å². The van der Waals surface area contributed by atoms with Crippen LogP contribution in [0.15, 0.2) is 79.7 Å². The molecule has 0 fully saturated rings. The number of thiophene rings is 1. The predicted octanol–water partition coefficient (Wildman–Crippen LogP) is 5.81. The first kappa shape index (κ1) is 20.6. The molecule has 1 aromatic carbocycles. The van der Waals surface area contributed by atoms with Crippen LogP contribution < -0.4 is 5.32 Å². The van der Waals surface area contributed by atoms with E-state index in [9.17, 15) is 4.79 Å². The molecule has 4 aromatic rings. The maximum atomic E-state index is 13.1. The Hall–Kier alpha value is -3.30. The average Bonchev–Trinajstić information content (AvgIpc) is 3.59. The molecule has 0 saturated heterocycles. The molecule has 9 heteroatoms. The fourth-order valence-corrected chi connectivity index (χ4v) is 4.75. The van der Waals surface area contributed by atoms with E-state index in [2.05, 4.69) is 15.5 Å². The number of furan rings is 1. The van der Waals surface area contributed by atoms with Crippen molar-refractivity contribution in [2.45, 2.75) is 24.4 Å². The molecule has 4 heterocycles. The number of nitrogens with zero attached hydrogens (tertiary/aromatic N) is 3. The van der Waals surface area contributed by atoms with Crippen molar-refractivity contribution in [3.05, 3.63) is 83.1 Å². The normalized spacial score (nSPS) is 16.5. The number of allylic oxidation sites excluding steroid dienone is 1. The minimum atomic E-state index is -0.414. The molecule has 1 aliphatic heterocycles. The van der Waals surface area contributed by atoms with Gasteiger partial charge in [0.05, 0.1) is 29.3 Å². The third-order valence-corrected chi connectivity index (χ3v) is 6.95. The smallest absolute Gasteiger partial charge is 0.322 e. The molecule has 3 aromatic heterocycles. The summed E-state index contributed by atoms with van der Waals surface area (Å²) in [6.07, 6.45) is 3.63. The molecule has 5 rings (SSSR count). The van der Waals surface area contributed by atoms with Gasteiger partial charge in [-0.1, -0.05) is 23.4 Å². The first-order valence-corrected chi connectivity index (χ1v) is 12.1. The van der Waals surface area contributed by atoms with Gasteiger partial charge in [-0.15, -0.1) is 23.1 Å². The molecule has 1 unspecified atom stereocenters. The second-order valence-corrected chi connectivity index (χ2v) is 9.05. The van der Waals surface area contributed by atoms with Gasteiger partial charge in [-0.2, -0.15) is 4.98 Å². The predicted molar refractivity (Wildman–Crippen MR) is 124 cm³/mol. The van der Waals surface area contributed by atoms with Gasteiger partial charge >= 0.3 is 6.03 Å². The summed E-state index contributed by atoms with van der Waals surface area (Å²) < 4.78 is 11.2. The molecule has 162 valence electrons. The monoisotopic (exact) mass is 464 g/mol. The molecule has 7 nitrogen and oxygen atoms in total. The van der Waals surface area contributed by atoms with Crippen molar-refractivity contribution in [2.24, 2.45) is 0 Å². The molecular formula is C23H20N4O3S2. The second-order valence-electron chi connectivity index (χ2n) is 7.22. The van der Waals surface area contributed by atoms with Crippen LogP contribution in [0.3, 0.4) is 0 Å². The Bertz CT molecular complexity index is 1240. The van der Waals surface area contributed by atoms with Crippen molar-refractivity contribution in [3.8, 4) is 10.7 Å². The number of carbonyl (C=O) groups is 1. The highest BCUT2D eigenvalue weighted by atomic mass is 32.2. The van der Waals surface area contributed by atoms with E-state index in [4.69, 9.17) is 8.94 Å². The number of carbonyl (C=O) groups excluding carboxylic acids is 1. The Labute approximate surface area is 193 Å². The van der Waals surface area contributed by atoms with Gasteiger partial charge in [-0.3, -0.25) is 4.90 Å². The highest BCUT2D eigenvalue weighted by molar-refractivity contribution is 7.98. The van der Waals surface area contributed by atoms with Crippen LogP contribution in [0.1, 0.15) is 30.2 Å². The van der Waals surface area contributed by atoms with E-state index in [0.29, 0.717) is 24.0 Å². The number of nitrogens with one attached hydrogen (secondary N) is 1. The van der Waals surface area contributed by atoms with E-state index >= 15 is 0 Å². The van der Waals surface area contributed by atoms with Gasteiger partial charge in [0.1, 0.15) is 5.76 Å². The summed E-state index contributed by atoms with van der Waals surface area (Å²) >= 11 is 3.21. The molecule has 1 N–H and O–H groups in total. The van der Waals surface area contributed by atoms with Gasteiger partial charge < -0.3 is 14.3 Å². The molecule has 0 bridgehead atoms. The first-order valence-electron chi connectivity index (χ1n) is 9.97. The van der Waals surface area contributed by atoms with Crippen LogP contribution in [0.4, 0.5) is 4.79 Å². The molecule has 0 saturated carbocycles. The molecule has 0 spiro atoms. The summed E-state index contributed by atoms with van der Waals surface area (Å²) in [6.45, 7) is 2.20. The summed E-state index contributed by atoms with van der Waals surface area (Å²) in [4.78, 5) is 21.4. The molecule has 1 atom stereocenters. The molecule has 0 aliphatic carbocycles. The number of rotatable bonds is 6. The quantitative estimate of drug-likeness (QED) is 0.363. The van der Waals surface area contributed by atoms with Crippen LogP contribution in [0.25, 0.3) is 16.3 Å². The fraction of sp³-hybridized carbons (Fsp3) is 0.174. The lowest BCUT2D eigenvalue weighted by atomic mass is 9.94. The second kappa shape index (κ2) is 8.68. The standard InChI is InChI=1S/C23H20N4O3S2/c1-14-19(22-25-21(26-30-22)18-6-4-12-32-18)20(15-7-9-17(31-2)10-8-15)24-23(28)27(14)13-16-5-3-11-29-16/h3-12,20H,13H2,1-2H3,(H,24,28). The van der Waals surface area contributed by atoms with E-state index in [1.807, 2.05) is 61.0 Å². The van der Waals surface area contributed by atoms with Crippen LogP contribution in [0.2, 0.25) is 0 Å². The molecule has 1 aliphatic rings. The Morgan fingerprint density at radius 2 is 2.03 bits per heavy atom. The fourth-order valence-electron chi connectivity index (χ4n) is 3.69. The van der Waals surface area contributed by atoms with Crippen molar-refractivity contribution in [2.75, 3.05) is 6.26 Å².